The lowest BCUT2D eigenvalue weighted by atomic mass is 10.0. The van der Waals surface area contributed by atoms with Gasteiger partial charge in [-0.05, 0) is 42.5 Å². The third-order valence-corrected chi connectivity index (χ3v) is 3.17. The molecule has 14 heavy (non-hydrogen) atoms. The van der Waals surface area contributed by atoms with Crippen LogP contribution in [0.3, 0.4) is 0 Å². The van der Waals surface area contributed by atoms with Crippen molar-refractivity contribution >= 4 is 0 Å². The van der Waals surface area contributed by atoms with Crippen molar-refractivity contribution in [1.29, 1.82) is 0 Å². The Bertz CT molecular complexity index is 359. The van der Waals surface area contributed by atoms with E-state index in [1.165, 1.54) is 30.4 Å². The second-order valence-electron chi connectivity index (χ2n) is 4.05. The smallest absolute Gasteiger partial charge is 0.119 e. The fraction of sp³-hybridized carbons (Fsp3) is 0.500. The lowest BCUT2D eigenvalue weighted by Gasteiger charge is -2.07. The molecule has 0 N–H and O–H groups in total. The van der Waals surface area contributed by atoms with Crippen molar-refractivity contribution in [2.75, 3.05) is 7.11 Å². The van der Waals surface area contributed by atoms with E-state index < -0.39 is 0 Å². The molecule has 2 atom stereocenters. The van der Waals surface area contributed by atoms with E-state index in [0.29, 0.717) is 12.2 Å². The van der Waals surface area contributed by atoms with Gasteiger partial charge >= 0.3 is 0 Å². The molecule has 0 amide bonds. The number of aryl methyl sites for hydroxylation is 1. The largest absolute Gasteiger partial charge is 0.497 e. The van der Waals surface area contributed by atoms with Crippen molar-refractivity contribution in [3.05, 3.63) is 29.3 Å². The highest BCUT2D eigenvalue weighted by Gasteiger charge is 2.42. The Morgan fingerprint density at radius 2 is 2.36 bits per heavy atom. The molecular weight excluding hydrogens is 176 g/mol. The van der Waals surface area contributed by atoms with Gasteiger partial charge in [-0.25, -0.2) is 0 Å². The SMILES string of the molecule is COc1ccc2c(c1)CCC[C@@H]1O[C@@H]21. The zero-order chi connectivity index (χ0) is 9.54. The van der Waals surface area contributed by atoms with Crippen LogP contribution in [0.5, 0.6) is 5.75 Å². The van der Waals surface area contributed by atoms with Crippen LogP contribution in [-0.4, -0.2) is 13.2 Å². The molecule has 74 valence electrons. The van der Waals surface area contributed by atoms with Crippen LogP contribution in [0, 0.1) is 0 Å². The molecule has 0 bridgehead atoms. The number of rotatable bonds is 1. The summed E-state index contributed by atoms with van der Waals surface area (Å²) < 4.78 is 10.8. The monoisotopic (exact) mass is 190 g/mol. The van der Waals surface area contributed by atoms with Gasteiger partial charge < -0.3 is 9.47 Å². The molecule has 1 aromatic carbocycles. The summed E-state index contributed by atoms with van der Waals surface area (Å²) in [4.78, 5) is 0. The predicted molar refractivity (Wildman–Crippen MR) is 53.5 cm³/mol. The topological polar surface area (TPSA) is 21.8 Å². The summed E-state index contributed by atoms with van der Waals surface area (Å²) >= 11 is 0. The van der Waals surface area contributed by atoms with Crippen LogP contribution in [0.4, 0.5) is 0 Å². The number of epoxide rings is 1. The molecule has 2 aliphatic rings. The molecule has 0 aromatic heterocycles. The minimum absolute atomic E-state index is 0.387. The molecule has 1 aliphatic carbocycles. The molecule has 0 saturated carbocycles. The van der Waals surface area contributed by atoms with E-state index >= 15 is 0 Å². The lowest BCUT2D eigenvalue weighted by molar-refractivity contribution is 0.357. The Hall–Kier alpha value is -1.02. The van der Waals surface area contributed by atoms with Crippen LogP contribution in [0.25, 0.3) is 0 Å². The molecular formula is C12H14O2. The molecule has 1 fully saturated rings. The van der Waals surface area contributed by atoms with Gasteiger partial charge in [0.1, 0.15) is 11.9 Å². The van der Waals surface area contributed by atoms with Gasteiger partial charge in [-0.1, -0.05) is 6.07 Å². The lowest BCUT2D eigenvalue weighted by Crippen LogP contribution is -1.93. The molecule has 0 spiro atoms. The van der Waals surface area contributed by atoms with Gasteiger partial charge in [0.15, 0.2) is 0 Å². The quantitative estimate of drug-likeness (QED) is 0.634. The van der Waals surface area contributed by atoms with Crippen LogP contribution in [0.15, 0.2) is 18.2 Å². The molecule has 1 heterocycles. The fourth-order valence-corrected chi connectivity index (χ4v) is 2.33. The van der Waals surface area contributed by atoms with Crippen LogP contribution >= 0.6 is 0 Å². The number of hydrogen-bond acceptors (Lipinski definition) is 2. The second-order valence-corrected chi connectivity index (χ2v) is 4.05. The molecule has 2 nitrogen and oxygen atoms in total. The van der Waals surface area contributed by atoms with Gasteiger partial charge in [-0.3, -0.25) is 0 Å². The Labute approximate surface area is 83.8 Å². The average Bonchev–Trinajstić information content (AvgIpc) is 2.96. The third kappa shape index (κ3) is 1.22. The number of hydrogen-bond donors (Lipinski definition) is 0. The highest BCUT2D eigenvalue weighted by Crippen LogP contribution is 2.46. The fourth-order valence-electron chi connectivity index (χ4n) is 2.33. The first kappa shape index (κ1) is 8.30. The Kier molecular flexibility index (Phi) is 1.77. The van der Waals surface area contributed by atoms with Crippen molar-refractivity contribution in [2.45, 2.75) is 31.5 Å². The molecule has 1 aliphatic heterocycles. The van der Waals surface area contributed by atoms with Crippen LogP contribution in [0.1, 0.15) is 30.1 Å². The summed E-state index contributed by atoms with van der Waals surface area (Å²) in [5.74, 6) is 0.961. The van der Waals surface area contributed by atoms with Gasteiger partial charge in [0.05, 0.1) is 13.2 Å². The van der Waals surface area contributed by atoms with E-state index in [-0.39, 0.29) is 0 Å². The maximum Gasteiger partial charge on any atom is 0.119 e. The first-order chi connectivity index (χ1) is 6.88. The van der Waals surface area contributed by atoms with Gasteiger partial charge in [-0.15, -0.1) is 0 Å². The van der Waals surface area contributed by atoms with E-state index in [1.807, 2.05) is 6.07 Å². The van der Waals surface area contributed by atoms with Gasteiger partial charge in [-0.2, -0.15) is 0 Å². The van der Waals surface area contributed by atoms with Crippen LogP contribution < -0.4 is 4.74 Å². The highest BCUT2D eigenvalue weighted by molar-refractivity contribution is 5.39. The number of methoxy groups -OCH3 is 1. The normalized spacial score (nSPS) is 28.6. The Balaban J connectivity index is 2.02. The summed E-state index contributed by atoms with van der Waals surface area (Å²) in [6.45, 7) is 0. The van der Waals surface area contributed by atoms with Crippen molar-refractivity contribution in [1.82, 2.24) is 0 Å². The maximum atomic E-state index is 5.62. The first-order valence-electron chi connectivity index (χ1n) is 5.21. The minimum atomic E-state index is 0.387. The second kappa shape index (κ2) is 2.99. The van der Waals surface area contributed by atoms with Crippen molar-refractivity contribution in [3.63, 3.8) is 0 Å². The highest BCUT2D eigenvalue weighted by atomic mass is 16.6. The minimum Gasteiger partial charge on any atom is -0.497 e. The van der Waals surface area contributed by atoms with Crippen LogP contribution in [-0.2, 0) is 11.2 Å². The summed E-state index contributed by atoms with van der Waals surface area (Å²) in [5.41, 5.74) is 2.79. The van der Waals surface area contributed by atoms with E-state index in [2.05, 4.69) is 12.1 Å². The van der Waals surface area contributed by atoms with Gasteiger partial charge in [0, 0.05) is 0 Å². The standard InChI is InChI=1S/C12H14O2/c1-13-9-5-6-10-8(7-9)3-2-4-11-12(10)14-11/h5-7,11-12H,2-4H2,1H3/t11-,12-/m0/s1. The van der Waals surface area contributed by atoms with E-state index in [9.17, 15) is 0 Å². The number of ether oxygens (including phenoxy) is 2. The van der Waals surface area contributed by atoms with E-state index in [0.717, 1.165) is 5.75 Å². The van der Waals surface area contributed by atoms with Gasteiger partial charge in [0.2, 0.25) is 0 Å². The molecule has 2 heteroatoms. The summed E-state index contributed by atoms with van der Waals surface area (Å²) in [5, 5.41) is 0. The average molecular weight is 190 g/mol. The molecule has 1 saturated heterocycles. The molecule has 0 unspecified atom stereocenters. The van der Waals surface area contributed by atoms with Gasteiger partial charge in [0.25, 0.3) is 0 Å². The zero-order valence-electron chi connectivity index (χ0n) is 8.32. The first-order valence-corrected chi connectivity index (χ1v) is 5.21. The van der Waals surface area contributed by atoms with Crippen molar-refractivity contribution in [2.24, 2.45) is 0 Å². The number of fused-ring (bicyclic) bond motifs is 3. The maximum absolute atomic E-state index is 5.62. The molecule has 1 aromatic rings. The predicted octanol–water partition coefficient (Wildman–Crippen LogP) is 2.47. The Morgan fingerprint density at radius 1 is 1.43 bits per heavy atom. The number of benzene rings is 1. The summed E-state index contributed by atoms with van der Waals surface area (Å²) in [7, 11) is 1.72. The van der Waals surface area contributed by atoms with Crippen LogP contribution in [0.2, 0.25) is 0 Å². The Morgan fingerprint density at radius 3 is 3.21 bits per heavy atom. The zero-order valence-corrected chi connectivity index (χ0v) is 8.32. The third-order valence-electron chi connectivity index (χ3n) is 3.17. The van der Waals surface area contributed by atoms with Crippen molar-refractivity contribution in [3.8, 4) is 5.75 Å². The van der Waals surface area contributed by atoms with E-state index in [1.54, 1.807) is 7.11 Å². The summed E-state index contributed by atoms with van der Waals surface area (Å²) in [6, 6.07) is 6.34. The molecule has 0 radical (unpaired) electrons. The molecule has 3 rings (SSSR count). The van der Waals surface area contributed by atoms with Crippen molar-refractivity contribution < 1.29 is 9.47 Å². The van der Waals surface area contributed by atoms with E-state index in [4.69, 9.17) is 9.47 Å². The summed E-state index contributed by atoms with van der Waals surface area (Å²) in [6.07, 6.45) is 4.51.